The molecule has 0 saturated heterocycles. The SMILES string of the molecule is Sc1cn2cnnc2cn1. The van der Waals surface area contributed by atoms with Crippen LogP contribution in [0.1, 0.15) is 0 Å². The highest BCUT2D eigenvalue weighted by atomic mass is 32.1. The minimum absolute atomic E-state index is 0.660. The van der Waals surface area contributed by atoms with Crippen LogP contribution in [0.3, 0.4) is 0 Å². The Balaban J connectivity index is 2.86. The highest BCUT2D eigenvalue weighted by Gasteiger charge is 1.93. The monoisotopic (exact) mass is 152 g/mol. The van der Waals surface area contributed by atoms with Crippen molar-refractivity contribution in [3.8, 4) is 0 Å². The van der Waals surface area contributed by atoms with E-state index in [0.29, 0.717) is 5.03 Å². The average Bonchev–Trinajstić information content (AvgIpc) is 2.33. The van der Waals surface area contributed by atoms with E-state index < -0.39 is 0 Å². The molecule has 0 fully saturated rings. The predicted octanol–water partition coefficient (Wildman–Crippen LogP) is 0.413. The molecule has 0 amide bonds. The molecule has 50 valence electrons. The van der Waals surface area contributed by atoms with E-state index in [4.69, 9.17) is 0 Å². The number of hydrogen-bond donors (Lipinski definition) is 1. The van der Waals surface area contributed by atoms with Crippen molar-refractivity contribution in [1.82, 2.24) is 19.6 Å². The molecule has 10 heavy (non-hydrogen) atoms. The second-order valence-electron chi connectivity index (χ2n) is 1.84. The van der Waals surface area contributed by atoms with Gasteiger partial charge in [-0.2, -0.15) is 0 Å². The number of rotatable bonds is 0. The van der Waals surface area contributed by atoms with Crippen molar-refractivity contribution in [2.45, 2.75) is 5.03 Å². The van der Waals surface area contributed by atoms with E-state index in [2.05, 4.69) is 27.8 Å². The van der Waals surface area contributed by atoms with Crippen LogP contribution in [0.15, 0.2) is 23.7 Å². The molecule has 0 bridgehead atoms. The largest absolute Gasteiger partial charge is 0.285 e. The highest BCUT2D eigenvalue weighted by molar-refractivity contribution is 7.80. The summed E-state index contributed by atoms with van der Waals surface area (Å²) in [6, 6.07) is 0. The van der Waals surface area contributed by atoms with Gasteiger partial charge in [-0.05, 0) is 0 Å². The van der Waals surface area contributed by atoms with Gasteiger partial charge in [-0.1, -0.05) is 0 Å². The van der Waals surface area contributed by atoms with E-state index >= 15 is 0 Å². The minimum Gasteiger partial charge on any atom is -0.285 e. The van der Waals surface area contributed by atoms with Gasteiger partial charge in [0.25, 0.3) is 0 Å². The van der Waals surface area contributed by atoms with Crippen molar-refractivity contribution in [3.05, 3.63) is 18.7 Å². The van der Waals surface area contributed by atoms with Crippen molar-refractivity contribution in [3.63, 3.8) is 0 Å². The van der Waals surface area contributed by atoms with Gasteiger partial charge in [0.1, 0.15) is 11.4 Å². The highest BCUT2D eigenvalue weighted by Crippen LogP contribution is 2.01. The van der Waals surface area contributed by atoms with Crippen molar-refractivity contribution in [2.75, 3.05) is 0 Å². The molecule has 0 spiro atoms. The lowest BCUT2D eigenvalue weighted by molar-refractivity contribution is 1.02. The van der Waals surface area contributed by atoms with E-state index in [1.165, 1.54) is 0 Å². The van der Waals surface area contributed by atoms with E-state index in [9.17, 15) is 0 Å². The van der Waals surface area contributed by atoms with Gasteiger partial charge in [0.15, 0.2) is 5.65 Å². The fraction of sp³-hybridized carbons (Fsp3) is 0. The van der Waals surface area contributed by atoms with Crippen LogP contribution in [-0.4, -0.2) is 19.6 Å². The molecule has 0 aliphatic rings. The van der Waals surface area contributed by atoms with E-state index in [0.717, 1.165) is 5.65 Å². The van der Waals surface area contributed by atoms with Crippen molar-refractivity contribution >= 4 is 18.3 Å². The van der Waals surface area contributed by atoms with Crippen LogP contribution < -0.4 is 0 Å². The molecular weight excluding hydrogens is 148 g/mol. The van der Waals surface area contributed by atoms with Crippen LogP contribution in [0.4, 0.5) is 0 Å². The minimum atomic E-state index is 0.660. The zero-order chi connectivity index (χ0) is 6.97. The third-order valence-corrected chi connectivity index (χ3v) is 1.40. The predicted molar refractivity (Wildman–Crippen MR) is 38.0 cm³/mol. The Morgan fingerprint density at radius 1 is 1.50 bits per heavy atom. The molecule has 4 nitrogen and oxygen atoms in total. The first-order valence-corrected chi connectivity index (χ1v) is 3.15. The Morgan fingerprint density at radius 2 is 2.40 bits per heavy atom. The Hall–Kier alpha value is -1.10. The maximum Gasteiger partial charge on any atom is 0.179 e. The Morgan fingerprint density at radius 3 is 3.30 bits per heavy atom. The molecule has 0 aromatic carbocycles. The van der Waals surface area contributed by atoms with Crippen molar-refractivity contribution < 1.29 is 0 Å². The molecule has 0 unspecified atom stereocenters. The van der Waals surface area contributed by atoms with Gasteiger partial charge in [-0.15, -0.1) is 22.8 Å². The summed E-state index contributed by atoms with van der Waals surface area (Å²) in [5.74, 6) is 0. The third kappa shape index (κ3) is 0.750. The molecule has 0 N–H and O–H groups in total. The van der Waals surface area contributed by atoms with Crippen molar-refractivity contribution in [2.24, 2.45) is 0 Å². The first-order valence-electron chi connectivity index (χ1n) is 2.70. The number of aromatic nitrogens is 4. The normalized spacial score (nSPS) is 10.5. The topological polar surface area (TPSA) is 43.1 Å². The summed E-state index contributed by atoms with van der Waals surface area (Å²) in [7, 11) is 0. The van der Waals surface area contributed by atoms with Gasteiger partial charge >= 0.3 is 0 Å². The summed E-state index contributed by atoms with van der Waals surface area (Å²) in [5.41, 5.74) is 0.734. The van der Waals surface area contributed by atoms with Crippen LogP contribution in [0.25, 0.3) is 5.65 Å². The molecule has 2 rings (SSSR count). The fourth-order valence-corrected chi connectivity index (χ4v) is 0.907. The van der Waals surface area contributed by atoms with Crippen LogP contribution >= 0.6 is 12.6 Å². The lowest BCUT2D eigenvalue weighted by Crippen LogP contribution is -1.84. The van der Waals surface area contributed by atoms with Gasteiger partial charge in [-0.25, -0.2) is 4.98 Å². The summed E-state index contributed by atoms with van der Waals surface area (Å²) >= 11 is 4.05. The Bertz CT molecular complexity index is 355. The summed E-state index contributed by atoms with van der Waals surface area (Å²) < 4.78 is 1.76. The Kier molecular flexibility index (Phi) is 1.10. The molecule has 0 aliphatic carbocycles. The summed E-state index contributed by atoms with van der Waals surface area (Å²) in [6.07, 6.45) is 4.98. The number of thiol groups is 1. The van der Waals surface area contributed by atoms with Crippen LogP contribution in [-0.2, 0) is 0 Å². The van der Waals surface area contributed by atoms with Crippen LogP contribution in [0.5, 0.6) is 0 Å². The molecule has 0 aliphatic heterocycles. The van der Waals surface area contributed by atoms with Gasteiger partial charge in [-0.3, -0.25) is 4.40 Å². The first-order chi connectivity index (χ1) is 4.86. The number of fused-ring (bicyclic) bond motifs is 1. The van der Waals surface area contributed by atoms with Gasteiger partial charge < -0.3 is 0 Å². The number of hydrogen-bond acceptors (Lipinski definition) is 4. The van der Waals surface area contributed by atoms with E-state index in [-0.39, 0.29) is 0 Å². The molecule has 2 heterocycles. The standard InChI is InChI=1S/C5H4N4S/c10-5-2-9-3-7-8-4(9)1-6-5/h1-3,10H. The summed E-state index contributed by atoms with van der Waals surface area (Å²) in [4.78, 5) is 3.92. The van der Waals surface area contributed by atoms with Crippen molar-refractivity contribution in [1.29, 1.82) is 0 Å². The quantitative estimate of drug-likeness (QED) is 0.556. The zero-order valence-corrected chi connectivity index (χ0v) is 5.86. The number of nitrogens with zero attached hydrogens (tertiary/aromatic N) is 4. The lowest BCUT2D eigenvalue weighted by atomic mass is 10.7. The van der Waals surface area contributed by atoms with E-state index in [1.807, 2.05) is 0 Å². The molecule has 2 aromatic rings. The molecule has 0 atom stereocenters. The maximum absolute atomic E-state index is 4.05. The molecule has 2 aromatic heterocycles. The van der Waals surface area contributed by atoms with Gasteiger partial charge in [0.05, 0.1) is 6.20 Å². The van der Waals surface area contributed by atoms with E-state index in [1.54, 1.807) is 23.1 Å². The summed E-state index contributed by atoms with van der Waals surface area (Å²) in [6.45, 7) is 0. The second kappa shape index (κ2) is 1.95. The second-order valence-corrected chi connectivity index (χ2v) is 2.30. The first kappa shape index (κ1) is 5.67. The Labute approximate surface area is 62.3 Å². The van der Waals surface area contributed by atoms with Crippen LogP contribution in [0, 0.1) is 0 Å². The molecular formula is C5H4N4S. The lowest BCUT2D eigenvalue weighted by Gasteiger charge is -1.89. The smallest absolute Gasteiger partial charge is 0.179 e. The zero-order valence-electron chi connectivity index (χ0n) is 4.97. The van der Waals surface area contributed by atoms with Crippen LogP contribution in [0.2, 0.25) is 0 Å². The molecule has 0 saturated carbocycles. The molecule has 0 radical (unpaired) electrons. The third-order valence-electron chi connectivity index (χ3n) is 1.17. The maximum atomic E-state index is 4.05. The van der Waals surface area contributed by atoms with Gasteiger partial charge in [0, 0.05) is 6.20 Å². The average molecular weight is 152 g/mol. The van der Waals surface area contributed by atoms with Gasteiger partial charge in [0.2, 0.25) is 0 Å². The molecule has 5 heteroatoms. The fourth-order valence-electron chi connectivity index (χ4n) is 0.725. The summed E-state index contributed by atoms with van der Waals surface area (Å²) in [5, 5.41) is 8.12.